The highest BCUT2D eigenvalue weighted by Crippen LogP contribution is 2.23. The van der Waals surface area contributed by atoms with Crippen molar-refractivity contribution in [3.05, 3.63) is 53.6 Å². The first-order valence-corrected chi connectivity index (χ1v) is 7.12. The van der Waals surface area contributed by atoms with Crippen LogP contribution in [0.15, 0.2) is 41.3 Å². The van der Waals surface area contributed by atoms with Crippen molar-refractivity contribution in [1.29, 1.82) is 0 Å². The Morgan fingerprint density at radius 3 is 2.30 bits per heavy atom. The fourth-order valence-corrected chi connectivity index (χ4v) is 3.01. The molecule has 0 heterocycles. The summed E-state index contributed by atoms with van der Waals surface area (Å²) in [6.45, 7) is 1.46. The number of nitrogens with one attached hydrogen (secondary N) is 1. The SMILES string of the molecule is Cc1cc(F)c(N)cc1S(=O)(=O)Nc1ccc(F)cc1. The molecule has 0 fully saturated rings. The van der Waals surface area contributed by atoms with Gasteiger partial charge in [-0.2, -0.15) is 0 Å². The molecule has 0 atom stereocenters. The lowest BCUT2D eigenvalue weighted by Crippen LogP contribution is -2.15. The first-order chi connectivity index (χ1) is 9.29. The Bertz CT molecular complexity index is 744. The van der Waals surface area contributed by atoms with Crippen molar-refractivity contribution in [2.75, 3.05) is 10.5 Å². The molecule has 4 nitrogen and oxygen atoms in total. The second-order valence-electron chi connectivity index (χ2n) is 4.25. The average molecular weight is 298 g/mol. The van der Waals surface area contributed by atoms with Gasteiger partial charge in [0.15, 0.2) is 0 Å². The van der Waals surface area contributed by atoms with Crippen LogP contribution >= 0.6 is 0 Å². The van der Waals surface area contributed by atoms with Gasteiger partial charge in [0.25, 0.3) is 10.0 Å². The minimum Gasteiger partial charge on any atom is -0.396 e. The molecule has 2 aromatic rings. The number of anilines is 2. The van der Waals surface area contributed by atoms with Gasteiger partial charge in [-0.1, -0.05) is 0 Å². The molecule has 106 valence electrons. The van der Waals surface area contributed by atoms with Crippen molar-refractivity contribution in [2.24, 2.45) is 0 Å². The van der Waals surface area contributed by atoms with Crippen molar-refractivity contribution < 1.29 is 17.2 Å². The number of rotatable bonds is 3. The molecule has 0 aromatic heterocycles. The minimum atomic E-state index is -3.92. The highest BCUT2D eigenvalue weighted by molar-refractivity contribution is 7.92. The van der Waals surface area contributed by atoms with Crippen LogP contribution in [0.1, 0.15) is 5.56 Å². The number of hydrogen-bond acceptors (Lipinski definition) is 3. The van der Waals surface area contributed by atoms with Gasteiger partial charge in [0.2, 0.25) is 0 Å². The maximum absolute atomic E-state index is 13.2. The number of nitrogen functional groups attached to an aromatic ring is 1. The van der Waals surface area contributed by atoms with E-state index in [2.05, 4.69) is 4.72 Å². The van der Waals surface area contributed by atoms with Crippen molar-refractivity contribution in [3.8, 4) is 0 Å². The monoisotopic (exact) mass is 298 g/mol. The van der Waals surface area contributed by atoms with E-state index < -0.39 is 21.7 Å². The van der Waals surface area contributed by atoms with Crippen LogP contribution in [0.2, 0.25) is 0 Å². The second kappa shape index (κ2) is 5.09. The van der Waals surface area contributed by atoms with Crippen LogP contribution in [0.3, 0.4) is 0 Å². The van der Waals surface area contributed by atoms with Gasteiger partial charge in [0.1, 0.15) is 11.6 Å². The molecule has 0 radical (unpaired) electrons. The van der Waals surface area contributed by atoms with E-state index in [1.807, 2.05) is 0 Å². The van der Waals surface area contributed by atoms with Crippen molar-refractivity contribution in [2.45, 2.75) is 11.8 Å². The summed E-state index contributed by atoms with van der Waals surface area (Å²) < 4.78 is 52.7. The molecule has 0 saturated heterocycles. The van der Waals surface area contributed by atoms with Crippen molar-refractivity contribution in [3.63, 3.8) is 0 Å². The largest absolute Gasteiger partial charge is 0.396 e. The van der Waals surface area contributed by atoms with Crippen LogP contribution in [0.4, 0.5) is 20.2 Å². The summed E-state index contributed by atoms with van der Waals surface area (Å²) in [6.07, 6.45) is 0. The summed E-state index contributed by atoms with van der Waals surface area (Å²) in [5.41, 5.74) is 5.56. The number of nitrogens with two attached hydrogens (primary N) is 1. The van der Waals surface area contributed by atoms with Crippen LogP contribution in [0.5, 0.6) is 0 Å². The van der Waals surface area contributed by atoms with E-state index in [1.54, 1.807) is 0 Å². The van der Waals surface area contributed by atoms with Crippen molar-refractivity contribution in [1.82, 2.24) is 0 Å². The maximum Gasteiger partial charge on any atom is 0.262 e. The number of halogens is 2. The zero-order valence-electron chi connectivity index (χ0n) is 10.5. The number of benzene rings is 2. The number of aryl methyl sites for hydroxylation is 1. The smallest absolute Gasteiger partial charge is 0.262 e. The molecule has 0 aliphatic heterocycles. The first kappa shape index (κ1) is 14.3. The average Bonchev–Trinajstić information content (AvgIpc) is 2.36. The van der Waals surface area contributed by atoms with E-state index in [0.29, 0.717) is 0 Å². The lowest BCUT2D eigenvalue weighted by Gasteiger charge is -2.11. The highest BCUT2D eigenvalue weighted by Gasteiger charge is 2.19. The van der Waals surface area contributed by atoms with Crippen LogP contribution in [0, 0.1) is 18.6 Å². The molecular formula is C13H12F2N2O2S. The third-order valence-electron chi connectivity index (χ3n) is 2.68. The topological polar surface area (TPSA) is 72.2 Å². The Kier molecular flexibility index (Phi) is 3.63. The van der Waals surface area contributed by atoms with Gasteiger partial charge in [-0.3, -0.25) is 4.72 Å². The van der Waals surface area contributed by atoms with E-state index in [0.717, 1.165) is 24.3 Å². The molecule has 20 heavy (non-hydrogen) atoms. The zero-order valence-corrected chi connectivity index (χ0v) is 11.3. The van der Waals surface area contributed by atoms with E-state index in [1.165, 1.54) is 19.1 Å². The second-order valence-corrected chi connectivity index (χ2v) is 5.90. The van der Waals surface area contributed by atoms with Crippen LogP contribution in [-0.4, -0.2) is 8.42 Å². The molecule has 0 unspecified atom stereocenters. The lowest BCUT2D eigenvalue weighted by atomic mass is 10.2. The van der Waals surface area contributed by atoms with Gasteiger partial charge in [0, 0.05) is 5.69 Å². The summed E-state index contributed by atoms with van der Waals surface area (Å²) in [5, 5.41) is 0. The quantitative estimate of drug-likeness (QED) is 0.856. The summed E-state index contributed by atoms with van der Waals surface area (Å²) >= 11 is 0. The van der Waals surface area contributed by atoms with E-state index >= 15 is 0 Å². The van der Waals surface area contributed by atoms with Crippen LogP contribution in [0.25, 0.3) is 0 Å². The molecular weight excluding hydrogens is 286 g/mol. The van der Waals surface area contributed by atoms with Gasteiger partial charge in [0.05, 0.1) is 10.6 Å². The number of sulfonamides is 1. The molecule has 0 aliphatic rings. The molecule has 0 amide bonds. The standard InChI is InChI=1S/C13H12F2N2O2S/c1-8-6-11(15)12(16)7-13(8)20(18,19)17-10-4-2-9(14)3-5-10/h2-7,17H,16H2,1H3. The Labute approximate surface area is 115 Å². The van der Waals surface area contributed by atoms with Gasteiger partial charge in [-0.05, 0) is 48.9 Å². The summed E-state index contributed by atoms with van der Waals surface area (Å²) in [4.78, 5) is -0.124. The van der Waals surface area contributed by atoms with Crippen LogP contribution in [-0.2, 0) is 10.0 Å². The zero-order chi connectivity index (χ0) is 14.9. The number of hydrogen-bond donors (Lipinski definition) is 2. The van der Waals surface area contributed by atoms with Crippen LogP contribution < -0.4 is 10.5 Å². The van der Waals surface area contributed by atoms with Gasteiger partial charge < -0.3 is 5.73 Å². The molecule has 2 aromatic carbocycles. The molecule has 2 rings (SSSR count). The highest BCUT2D eigenvalue weighted by atomic mass is 32.2. The Morgan fingerprint density at radius 1 is 1.10 bits per heavy atom. The molecule has 0 saturated carbocycles. The molecule has 0 spiro atoms. The lowest BCUT2D eigenvalue weighted by molar-refractivity contribution is 0.599. The fraction of sp³-hybridized carbons (Fsp3) is 0.0769. The predicted molar refractivity (Wildman–Crippen MR) is 72.8 cm³/mol. The van der Waals surface area contributed by atoms with E-state index in [4.69, 9.17) is 5.73 Å². The minimum absolute atomic E-state index is 0.124. The fourth-order valence-electron chi connectivity index (χ4n) is 1.69. The summed E-state index contributed by atoms with van der Waals surface area (Å²) in [7, 11) is -3.92. The van der Waals surface area contributed by atoms with Gasteiger partial charge in [-0.25, -0.2) is 17.2 Å². The van der Waals surface area contributed by atoms with E-state index in [9.17, 15) is 17.2 Å². The molecule has 0 bridgehead atoms. The third-order valence-corrected chi connectivity index (χ3v) is 4.20. The van der Waals surface area contributed by atoms with Gasteiger partial charge in [-0.15, -0.1) is 0 Å². The van der Waals surface area contributed by atoms with E-state index in [-0.39, 0.29) is 21.8 Å². The molecule has 0 aliphatic carbocycles. The summed E-state index contributed by atoms with van der Waals surface area (Å²) in [5.74, 6) is -1.15. The maximum atomic E-state index is 13.2. The molecule has 7 heteroatoms. The Hall–Kier alpha value is -2.15. The Morgan fingerprint density at radius 2 is 1.70 bits per heavy atom. The van der Waals surface area contributed by atoms with Gasteiger partial charge >= 0.3 is 0 Å². The Balaban J connectivity index is 2.40. The normalized spacial score (nSPS) is 11.3. The first-order valence-electron chi connectivity index (χ1n) is 5.63. The summed E-state index contributed by atoms with van der Waals surface area (Å²) in [6, 6.07) is 6.93. The predicted octanol–water partition coefficient (Wildman–Crippen LogP) is 2.66. The third kappa shape index (κ3) is 2.88. The van der Waals surface area contributed by atoms with Crippen molar-refractivity contribution >= 4 is 21.4 Å². The molecule has 3 N–H and O–H groups in total.